The Balaban J connectivity index is 3.15. The molecule has 0 spiro atoms. The van der Waals surface area contributed by atoms with E-state index in [2.05, 4.69) is 0 Å². The molecule has 7 heteroatoms. The van der Waals surface area contributed by atoms with Gasteiger partial charge in [0.1, 0.15) is 10.7 Å². The van der Waals surface area contributed by atoms with E-state index in [1.165, 1.54) is 12.1 Å². The normalized spacial score (nSPS) is 15.2. The smallest absolute Gasteiger partial charge is 0.336 e. The van der Waals surface area contributed by atoms with Crippen LogP contribution in [0.25, 0.3) is 0 Å². The molecule has 0 bridgehead atoms. The molecule has 0 radical (unpaired) electrons. The quantitative estimate of drug-likeness (QED) is 0.821. The summed E-state index contributed by atoms with van der Waals surface area (Å²) in [7, 11) is -4.20. The average molecular weight is 262 g/mol. The van der Waals surface area contributed by atoms with E-state index in [9.17, 15) is 22.7 Å². The number of hydrogen-bond acceptors (Lipinski definition) is 4. The van der Waals surface area contributed by atoms with Crippen LogP contribution in [0.5, 0.6) is 0 Å². The van der Waals surface area contributed by atoms with E-state index in [1.54, 1.807) is 0 Å². The van der Waals surface area contributed by atoms with Gasteiger partial charge in [-0.25, -0.2) is 17.6 Å². The van der Waals surface area contributed by atoms with Crippen molar-refractivity contribution in [2.75, 3.05) is 5.75 Å². The molecular weight excluding hydrogens is 251 g/mol. The SMILES string of the molecule is CC(O)(CS(=O)(=O)c1ccccc1F)C(=O)O. The third-order valence-electron chi connectivity index (χ3n) is 2.10. The molecule has 5 nitrogen and oxygen atoms in total. The van der Waals surface area contributed by atoms with Crippen LogP contribution >= 0.6 is 0 Å². The molecule has 0 aliphatic heterocycles. The summed E-state index contributed by atoms with van der Waals surface area (Å²) in [6.07, 6.45) is 0. The molecule has 94 valence electrons. The standard InChI is InChI=1S/C10H11FO5S/c1-10(14,9(12)13)6-17(15,16)8-5-3-2-4-7(8)11/h2-5,14H,6H2,1H3,(H,12,13). The van der Waals surface area contributed by atoms with E-state index < -0.39 is 37.9 Å². The summed E-state index contributed by atoms with van der Waals surface area (Å²) in [5.74, 6) is -3.75. The second-order valence-corrected chi connectivity index (χ2v) is 5.73. The van der Waals surface area contributed by atoms with Crippen LogP contribution in [-0.2, 0) is 14.6 Å². The van der Waals surface area contributed by atoms with E-state index >= 15 is 0 Å². The first kappa shape index (κ1) is 13.6. The van der Waals surface area contributed by atoms with Crippen molar-refractivity contribution in [2.24, 2.45) is 0 Å². The van der Waals surface area contributed by atoms with Gasteiger partial charge in [0, 0.05) is 0 Å². The first-order valence-corrected chi connectivity index (χ1v) is 6.25. The number of carbonyl (C=O) groups is 1. The zero-order chi connectivity index (χ0) is 13.3. The van der Waals surface area contributed by atoms with E-state index in [-0.39, 0.29) is 0 Å². The monoisotopic (exact) mass is 262 g/mol. The van der Waals surface area contributed by atoms with Gasteiger partial charge >= 0.3 is 5.97 Å². The van der Waals surface area contributed by atoms with Crippen LogP contribution in [0.15, 0.2) is 29.2 Å². The second kappa shape index (κ2) is 4.42. The summed E-state index contributed by atoms with van der Waals surface area (Å²) in [4.78, 5) is 9.98. The van der Waals surface area contributed by atoms with Crippen LogP contribution in [0.4, 0.5) is 4.39 Å². The van der Waals surface area contributed by atoms with Gasteiger partial charge in [-0.1, -0.05) is 12.1 Å². The Hall–Kier alpha value is -1.47. The molecular formula is C10H11FO5S. The van der Waals surface area contributed by atoms with Gasteiger partial charge in [0.25, 0.3) is 0 Å². The minimum atomic E-state index is -4.20. The molecule has 1 rings (SSSR count). The molecule has 0 aromatic heterocycles. The van der Waals surface area contributed by atoms with Gasteiger partial charge in [0.2, 0.25) is 0 Å². The molecule has 2 N–H and O–H groups in total. The third-order valence-corrected chi connectivity index (χ3v) is 4.05. The van der Waals surface area contributed by atoms with Crippen molar-refractivity contribution < 1.29 is 27.8 Å². The molecule has 0 amide bonds. The van der Waals surface area contributed by atoms with Crippen LogP contribution in [0, 0.1) is 5.82 Å². The van der Waals surface area contributed by atoms with Gasteiger partial charge in [-0.3, -0.25) is 0 Å². The largest absolute Gasteiger partial charge is 0.479 e. The van der Waals surface area contributed by atoms with Crippen LogP contribution < -0.4 is 0 Å². The number of hydrogen-bond donors (Lipinski definition) is 2. The molecule has 17 heavy (non-hydrogen) atoms. The average Bonchev–Trinajstić information content (AvgIpc) is 2.16. The van der Waals surface area contributed by atoms with Crippen LogP contribution in [0.1, 0.15) is 6.92 Å². The van der Waals surface area contributed by atoms with Crippen molar-refractivity contribution in [1.29, 1.82) is 0 Å². The lowest BCUT2D eigenvalue weighted by Gasteiger charge is -2.17. The van der Waals surface area contributed by atoms with E-state index in [4.69, 9.17) is 5.11 Å². The maximum atomic E-state index is 13.3. The van der Waals surface area contributed by atoms with Crippen molar-refractivity contribution in [1.82, 2.24) is 0 Å². The minimum absolute atomic E-state index is 0.624. The molecule has 1 aromatic carbocycles. The molecule has 1 atom stereocenters. The predicted octanol–water partition coefficient (Wildman–Crippen LogP) is 0.435. The number of carboxylic acid groups (broad SMARTS) is 1. The van der Waals surface area contributed by atoms with E-state index in [1.807, 2.05) is 0 Å². The maximum Gasteiger partial charge on any atom is 0.336 e. The number of aliphatic carboxylic acids is 1. The Labute approximate surface area is 97.4 Å². The second-order valence-electron chi connectivity index (χ2n) is 3.77. The zero-order valence-electron chi connectivity index (χ0n) is 8.92. The summed E-state index contributed by atoms with van der Waals surface area (Å²) in [5, 5.41) is 18.0. The zero-order valence-corrected chi connectivity index (χ0v) is 9.74. The summed E-state index contributed by atoms with van der Waals surface area (Å²) < 4.78 is 36.7. The summed E-state index contributed by atoms with van der Waals surface area (Å²) in [6, 6.07) is 4.58. The van der Waals surface area contributed by atoms with Gasteiger partial charge < -0.3 is 10.2 Å². The van der Waals surface area contributed by atoms with Crippen molar-refractivity contribution in [3.8, 4) is 0 Å². The Morgan fingerprint density at radius 3 is 2.41 bits per heavy atom. The maximum absolute atomic E-state index is 13.3. The van der Waals surface area contributed by atoms with Crippen LogP contribution in [-0.4, -0.2) is 36.0 Å². The highest BCUT2D eigenvalue weighted by Crippen LogP contribution is 2.19. The molecule has 0 saturated heterocycles. The lowest BCUT2D eigenvalue weighted by Crippen LogP contribution is -2.42. The fourth-order valence-corrected chi connectivity index (χ4v) is 2.88. The number of halogens is 1. The molecule has 0 heterocycles. The molecule has 1 unspecified atom stereocenters. The fourth-order valence-electron chi connectivity index (χ4n) is 1.21. The third kappa shape index (κ3) is 3.01. The number of benzene rings is 1. The Bertz CT molecular complexity index is 535. The lowest BCUT2D eigenvalue weighted by molar-refractivity contribution is -0.154. The summed E-state index contributed by atoms with van der Waals surface area (Å²) >= 11 is 0. The Kier molecular flexibility index (Phi) is 3.53. The van der Waals surface area contributed by atoms with Crippen molar-refractivity contribution in [3.63, 3.8) is 0 Å². The highest BCUT2D eigenvalue weighted by Gasteiger charge is 2.37. The highest BCUT2D eigenvalue weighted by atomic mass is 32.2. The van der Waals surface area contributed by atoms with Crippen molar-refractivity contribution >= 4 is 15.8 Å². The fraction of sp³-hybridized carbons (Fsp3) is 0.300. The van der Waals surface area contributed by atoms with Gasteiger partial charge in [-0.15, -0.1) is 0 Å². The number of carboxylic acids is 1. The molecule has 0 saturated carbocycles. The van der Waals surface area contributed by atoms with Gasteiger partial charge in [0.15, 0.2) is 15.4 Å². The number of sulfone groups is 1. The Morgan fingerprint density at radius 1 is 1.41 bits per heavy atom. The first-order valence-electron chi connectivity index (χ1n) is 4.60. The minimum Gasteiger partial charge on any atom is -0.479 e. The van der Waals surface area contributed by atoms with Gasteiger partial charge in [0.05, 0.1) is 5.75 Å². The Morgan fingerprint density at radius 2 is 1.94 bits per heavy atom. The topological polar surface area (TPSA) is 91.7 Å². The van der Waals surface area contributed by atoms with Gasteiger partial charge in [-0.05, 0) is 19.1 Å². The van der Waals surface area contributed by atoms with Crippen molar-refractivity contribution in [3.05, 3.63) is 30.1 Å². The van der Waals surface area contributed by atoms with Crippen molar-refractivity contribution in [2.45, 2.75) is 17.4 Å². The molecule has 0 fully saturated rings. The predicted molar refractivity (Wildman–Crippen MR) is 56.7 cm³/mol. The van der Waals surface area contributed by atoms with Gasteiger partial charge in [-0.2, -0.15) is 0 Å². The van der Waals surface area contributed by atoms with E-state index in [0.717, 1.165) is 19.1 Å². The van der Waals surface area contributed by atoms with Crippen LogP contribution in [0.2, 0.25) is 0 Å². The molecule has 0 aliphatic carbocycles. The first-order chi connectivity index (χ1) is 7.67. The molecule has 1 aromatic rings. The van der Waals surface area contributed by atoms with E-state index in [0.29, 0.717) is 0 Å². The molecule has 0 aliphatic rings. The number of aliphatic hydroxyl groups is 1. The lowest BCUT2D eigenvalue weighted by atomic mass is 10.1. The van der Waals surface area contributed by atoms with Crippen LogP contribution in [0.3, 0.4) is 0 Å². The summed E-state index contributed by atoms with van der Waals surface area (Å²) in [5.41, 5.74) is -2.46. The number of rotatable bonds is 4. The highest BCUT2D eigenvalue weighted by molar-refractivity contribution is 7.91. The summed E-state index contributed by atoms with van der Waals surface area (Å²) in [6.45, 7) is 0.841.